The molecule has 9 heteroatoms. The molecule has 0 aromatic carbocycles. The maximum atomic E-state index is 12.6. The van der Waals surface area contributed by atoms with E-state index in [1.54, 1.807) is 6.92 Å². The van der Waals surface area contributed by atoms with Crippen LogP contribution in [0.3, 0.4) is 0 Å². The van der Waals surface area contributed by atoms with Gasteiger partial charge in [0.25, 0.3) is 0 Å². The van der Waals surface area contributed by atoms with Gasteiger partial charge >= 0.3 is 19.8 Å². The van der Waals surface area contributed by atoms with Gasteiger partial charge in [-0.1, -0.05) is 157 Å². The second-order valence-corrected chi connectivity index (χ2v) is 15.4. The molecule has 0 bridgehead atoms. The number of hydrogen-bond acceptors (Lipinski definition) is 7. The van der Waals surface area contributed by atoms with Crippen molar-refractivity contribution in [1.82, 2.24) is 0 Å². The van der Waals surface area contributed by atoms with Gasteiger partial charge in [-0.2, -0.15) is 0 Å². The van der Waals surface area contributed by atoms with Gasteiger partial charge in [0.15, 0.2) is 6.10 Å². The van der Waals surface area contributed by atoms with Crippen molar-refractivity contribution >= 4 is 19.8 Å². The molecule has 0 saturated carbocycles. The first kappa shape index (κ1) is 53.2. The van der Waals surface area contributed by atoms with E-state index >= 15 is 0 Å². The average molecular weight is 803 g/mol. The van der Waals surface area contributed by atoms with Crippen molar-refractivity contribution in [2.45, 2.75) is 181 Å². The quantitative estimate of drug-likeness (QED) is 0.0283. The third-order valence-electron chi connectivity index (χ3n) is 8.70. The lowest BCUT2D eigenvalue weighted by molar-refractivity contribution is -0.161. The van der Waals surface area contributed by atoms with E-state index in [1.165, 1.54) is 38.5 Å². The van der Waals surface area contributed by atoms with Crippen molar-refractivity contribution in [3.05, 3.63) is 85.1 Å². The highest BCUT2D eigenvalue weighted by Crippen LogP contribution is 2.43. The lowest BCUT2D eigenvalue weighted by Crippen LogP contribution is -2.29. The first-order valence-electron chi connectivity index (χ1n) is 21.9. The Balaban J connectivity index is 4.08. The van der Waals surface area contributed by atoms with Crippen LogP contribution < -0.4 is 0 Å². The Kier molecular flexibility index (Phi) is 39.8. The van der Waals surface area contributed by atoms with E-state index in [2.05, 4.69) is 98.9 Å². The Labute approximate surface area is 342 Å². The maximum absolute atomic E-state index is 12.6. The van der Waals surface area contributed by atoms with Gasteiger partial charge in [-0.05, 0) is 90.4 Å². The molecule has 0 saturated heterocycles. The summed E-state index contributed by atoms with van der Waals surface area (Å²) in [4.78, 5) is 34.7. The Morgan fingerprint density at radius 3 is 1.30 bits per heavy atom. The zero-order valence-corrected chi connectivity index (χ0v) is 36.4. The molecule has 320 valence electrons. The third kappa shape index (κ3) is 40.9. The first-order valence-corrected chi connectivity index (χ1v) is 23.4. The predicted octanol–water partition coefficient (Wildman–Crippen LogP) is 13.9. The van der Waals surface area contributed by atoms with Gasteiger partial charge in [0.05, 0.1) is 13.2 Å². The predicted molar refractivity (Wildman–Crippen MR) is 234 cm³/mol. The van der Waals surface area contributed by atoms with Crippen molar-refractivity contribution in [2.75, 3.05) is 19.8 Å². The van der Waals surface area contributed by atoms with Gasteiger partial charge in [0, 0.05) is 12.8 Å². The molecule has 0 fully saturated rings. The van der Waals surface area contributed by atoms with E-state index in [0.29, 0.717) is 12.8 Å². The van der Waals surface area contributed by atoms with E-state index in [4.69, 9.17) is 18.5 Å². The summed E-state index contributed by atoms with van der Waals surface area (Å²) in [5.74, 6) is -0.844. The van der Waals surface area contributed by atoms with Crippen molar-refractivity contribution in [3.63, 3.8) is 0 Å². The SMILES string of the molecule is CC/C=C\C/C=C\C/C=C\C/C=C\CCCCCCCCCCCCC(=O)OC(COC(=O)CCCCC/C=C\C/C=C\C/C=C\CC)COP(=O)(O)OCC. The van der Waals surface area contributed by atoms with E-state index < -0.39 is 32.5 Å². The fourth-order valence-electron chi connectivity index (χ4n) is 5.57. The molecule has 56 heavy (non-hydrogen) atoms. The lowest BCUT2D eigenvalue weighted by Gasteiger charge is -2.19. The summed E-state index contributed by atoms with van der Waals surface area (Å²) in [7, 11) is -4.29. The van der Waals surface area contributed by atoms with Gasteiger partial charge in [-0.3, -0.25) is 18.6 Å². The second-order valence-electron chi connectivity index (χ2n) is 13.9. The van der Waals surface area contributed by atoms with Crippen molar-refractivity contribution in [2.24, 2.45) is 0 Å². The van der Waals surface area contributed by atoms with Crippen LogP contribution in [-0.2, 0) is 32.7 Å². The highest BCUT2D eigenvalue weighted by Gasteiger charge is 2.25. The van der Waals surface area contributed by atoms with Crippen molar-refractivity contribution in [1.29, 1.82) is 0 Å². The summed E-state index contributed by atoms with van der Waals surface area (Å²) in [6.45, 7) is 5.19. The number of phosphoric ester groups is 1. The van der Waals surface area contributed by atoms with Crippen molar-refractivity contribution < 1.29 is 37.6 Å². The van der Waals surface area contributed by atoms with Gasteiger partial charge in [0.1, 0.15) is 6.61 Å². The highest BCUT2D eigenvalue weighted by atomic mass is 31.2. The Morgan fingerprint density at radius 1 is 0.482 bits per heavy atom. The minimum atomic E-state index is -4.29. The molecular weight excluding hydrogens is 723 g/mol. The molecule has 0 spiro atoms. The molecule has 0 heterocycles. The number of rotatable bonds is 39. The van der Waals surface area contributed by atoms with Gasteiger partial charge in [0.2, 0.25) is 0 Å². The van der Waals surface area contributed by atoms with E-state index in [9.17, 15) is 19.0 Å². The summed E-state index contributed by atoms with van der Waals surface area (Å²) in [5.41, 5.74) is 0. The number of carbonyl (C=O) groups excluding carboxylic acids is 2. The summed E-state index contributed by atoms with van der Waals surface area (Å²) < 4.78 is 32.6. The maximum Gasteiger partial charge on any atom is 0.472 e. The number of carbonyl (C=O) groups is 2. The van der Waals surface area contributed by atoms with Crippen LogP contribution in [0.5, 0.6) is 0 Å². The largest absolute Gasteiger partial charge is 0.472 e. The van der Waals surface area contributed by atoms with E-state index in [0.717, 1.165) is 89.9 Å². The smallest absolute Gasteiger partial charge is 0.462 e. The Bertz CT molecular complexity index is 1180. The van der Waals surface area contributed by atoms with Gasteiger partial charge in [-0.25, -0.2) is 4.57 Å². The van der Waals surface area contributed by atoms with Crippen LogP contribution in [0.1, 0.15) is 175 Å². The van der Waals surface area contributed by atoms with Crippen LogP contribution in [-0.4, -0.2) is 42.8 Å². The number of hydrogen-bond donors (Lipinski definition) is 1. The Morgan fingerprint density at radius 2 is 0.857 bits per heavy atom. The molecule has 0 aromatic heterocycles. The van der Waals surface area contributed by atoms with Crippen LogP contribution >= 0.6 is 7.82 Å². The molecule has 2 atom stereocenters. The normalized spacial score (nSPS) is 14.1. The molecule has 0 aromatic rings. The molecule has 0 aliphatic heterocycles. The molecule has 0 amide bonds. The number of phosphoric acid groups is 1. The van der Waals surface area contributed by atoms with Crippen LogP contribution in [0.15, 0.2) is 85.1 Å². The van der Waals surface area contributed by atoms with E-state index in [1.807, 2.05) is 0 Å². The monoisotopic (exact) mass is 803 g/mol. The number of unbranched alkanes of at least 4 members (excludes halogenated alkanes) is 13. The molecule has 2 unspecified atom stereocenters. The highest BCUT2D eigenvalue weighted by molar-refractivity contribution is 7.47. The molecule has 0 aliphatic rings. The second kappa shape index (κ2) is 41.9. The topological polar surface area (TPSA) is 108 Å². The fraction of sp³-hybridized carbons (Fsp3) is 0.660. The molecule has 0 radical (unpaired) electrons. The van der Waals surface area contributed by atoms with Crippen LogP contribution in [0.2, 0.25) is 0 Å². The summed E-state index contributed by atoms with van der Waals surface area (Å²) in [6.07, 6.45) is 53.6. The standard InChI is InChI=1S/C47H79O8P/c1-4-7-9-11-13-15-17-19-20-21-22-23-24-25-26-27-28-30-32-34-36-38-40-42-47(49)55-45(44-54-56(50,51)53-6-3)43-52-46(48)41-39-37-35-33-31-29-18-16-14-12-10-8-5-2/h7-10,13-16,19-20,22-23,29,31,45H,4-6,11-12,17-18,21,24-28,30,32-44H2,1-3H3,(H,50,51)/b9-7-,10-8-,15-13-,16-14-,20-19-,23-22-,31-29-. The molecule has 1 N–H and O–H groups in total. The first-order chi connectivity index (χ1) is 27.3. The summed E-state index contributed by atoms with van der Waals surface area (Å²) >= 11 is 0. The zero-order valence-electron chi connectivity index (χ0n) is 35.5. The van der Waals surface area contributed by atoms with Crippen LogP contribution in [0.4, 0.5) is 0 Å². The van der Waals surface area contributed by atoms with Gasteiger partial charge < -0.3 is 14.4 Å². The number of esters is 2. The van der Waals surface area contributed by atoms with Crippen LogP contribution in [0, 0.1) is 0 Å². The van der Waals surface area contributed by atoms with Crippen molar-refractivity contribution in [3.8, 4) is 0 Å². The number of ether oxygens (including phenoxy) is 2. The Hall–Kier alpha value is -2.77. The summed E-state index contributed by atoms with van der Waals surface area (Å²) in [6, 6.07) is 0. The molecule has 0 aliphatic carbocycles. The molecule has 8 nitrogen and oxygen atoms in total. The average Bonchev–Trinajstić information content (AvgIpc) is 3.18. The molecule has 0 rings (SSSR count). The number of allylic oxidation sites excluding steroid dienone is 14. The zero-order chi connectivity index (χ0) is 41.1. The van der Waals surface area contributed by atoms with E-state index in [-0.39, 0.29) is 26.1 Å². The van der Waals surface area contributed by atoms with Crippen LogP contribution in [0.25, 0.3) is 0 Å². The minimum Gasteiger partial charge on any atom is -0.462 e. The third-order valence-corrected chi connectivity index (χ3v) is 9.76. The summed E-state index contributed by atoms with van der Waals surface area (Å²) in [5, 5.41) is 0. The molecular formula is C47H79O8P. The fourth-order valence-corrected chi connectivity index (χ4v) is 6.33. The van der Waals surface area contributed by atoms with Gasteiger partial charge in [-0.15, -0.1) is 0 Å². The minimum absolute atomic E-state index is 0.00967. The lowest BCUT2D eigenvalue weighted by atomic mass is 10.0.